The minimum atomic E-state index is 0.130. The Morgan fingerprint density at radius 3 is 2.47 bits per heavy atom. The molecule has 0 saturated carbocycles. The van der Waals surface area contributed by atoms with Crippen molar-refractivity contribution in [1.82, 2.24) is 9.80 Å². The summed E-state index contributed by atoms with van der Waals surface area (Å²) < 4.78 is 0. The Morgan fingerprint density at radius 2 is 1.84 bits per heavy atom. The van der Waals surface area contributed by atoms with E-state index in [0.717, 1.165) is 32.7 Å². The molecule has 1 fully saturated rings. The van der Waals surface area contributed by atoms with Gasteiger partial charge in [-0.3, -0.25) is 4.79 Å². The van der Waals surface area contributed by atoms with Crippen LogP contribution < -0.4 is 11.5 Å². The number of nitrogens with two attached hydrogens (primary N) is 2. The number of nitrogens with zero attached hydrogens (tertiary/aromatic N) is 2. The third kappa shape index (κ3) is 3.68. The van der Waals surface area contributed by atoms with Gasteiger partial charge in [0.2, 0.25) is 0 Å². The minimum absolute atomic E-state index is 0.130. The molecule has 1 aromatic rings. The number of hydrogen-bond acceptors (Lipinski definition) is 5. The molecule has 0 aliphatic carbocycles. The van der Waals surface area contributed by atoms with E-state index in [-0.39, 0.29) is 5.78 Å². The molecule has 5 nitrogen and oxygen atoms in total. The summed E-state index contributed by atoms with van der Waals surface area (Å²) in [6.45, 7) is 5.03. The summed E-state index contributed by atoms with van der Waals surface area (Å²) >= 11 is 0. The Hall–Kier alpha value is -1.59. The first-order valence-corrected chi connectivity index (χ1v) is 6.65. The standard InChI is InChI=1S/C14H22N4O/c1-17-6-8-18(9-7-17)5-4-14(19)11-2-3-12(15)13(16)10-11/h2-3,10H,4-9,15-16H2,1H3. The number of anilines is 2. The summed E-state index contributed by atoms with van der Waals surface area (Å²) in [4.78, 5) is 16.7. The highest BCUT2D eigenvalue weighted by Crippen LogP contribution is 2.17. The summed E-state index contributed by atoms with van der Waals surface area (Å²) in [5.41, 5.74) is 13.0. The molecule has 0 aromatic heterocycles. The molecule has 1 saturated heterocycles. The van der Waals surface area contributed by atoms with Crippen LogP contribution in [-0.4, -0.2) is 55.4 Å². The van der Waals surface area contributed by atoms with Gasteiger partial charge in [-0.05, 0) is 25.2 Å². The van der Waals surface area contributed by atoms with Crippen LogP contribution in [0.5, 0.6) is 0 Å². The minimum Gasteiger partial charge on any atom is -0.397 e. The number of nitrogen functional groups attached to an aromatic ring is 2. The first kappa shape index (κ1) is 13.8. The summed E-state index contributed by atoms with van der Waals surface area (Å²) in [6.07, 6.45) is 0.535. The highest BCUT2D eigenvalue weighted by Gasteiger charge is 2.15. The molecule has 104 valence electrons. The van der Waals surface area contributed by atoms with Crippen molar-refractivity contribution in [3.8, 4) is 0 Å². The number of carbonyl (C=O) groups is 1. The van der Waals surface area contributed by atoms with Crippen LogP contribution in [0.3, 0.4) is 0 Å². The molecule has 0 unspecified atom stereocenters. The Balaban J connectivity index is 1.85. The zero-order valence-corrected chi connectivity index (χ0v) is 11.4. The summed E-state index contributed by atoms with van der Waals surface area (Å²) in [7, 11) is 2.12. The van der Waals surface area contributed by atoms with Crippen molar-refractivity contribution in [2.24, 2.45) is 0 Å². The SMILES string of the molecule is CN1CCN(CCC(=O)c2ccc(N)c(N)c2)CC1. The lowest BCUT2D eigenvalue weighted by Crippen LogP contribution is -2.45. The Bertz CT molecular complexity index is 453. The van der Waals surface area contributed by atoms with Crippen molar-refractivity contribution < 1.29 is 4.79 Å². The first-order chi connectivity index (χ1) is 9.06. The van der Waals surface area contributed by atoms with E-state index in [1.54, 1.807) is 18.2 Å². The molecule has 4 N–H and O–H groups in total. The number of hydrogen-bond donors (Lipinski definition) is 2. The van der Waals surface area contributed by atoms with E-state index in [9.17, 15) is 4.79 Å². The number of ketones is 1. The van der Waals surface area contributed by atoms with Gasteiger partial charge in [0, 0.05) is 44.7 Å². The van der Waals surface area contributed by atoms with E-state index >= 15 is 0 Å². The molecule has 2 rings (SSSR count). The second-order valence-electron chi connectivity index (χ2n) is 5.16. The maximum atomic E-state index is 12.1. The van der Waals surface area contributed by atoms with Gasteiger partial charge < -0.3 is 21.3 Å². The van der Waals surface area contributed by atoms with Crippen molar-refractivity contribution in [3.05, 3.63) is 23.8 Å². The smallest absolute Gasteiger partial charge is 0.164 e. The van der Waals surface area contributed by atoms with Gasteiger partial charge in [0.1, 0.15) is 0 Å². The average molecular weight is 262 g/mol. The van der Waals surface area contributed by atoms with Gasteiger partial charge in [0.25, 0.3) is 0 Å². The van der Waals surface area contributed by atoms with Crippen LogP contribution in [0.2, 0.25) is 0 Å². The second-order valence-corrected chi connectivity index (χ2v) is 5.16. The lowest BCUT2D eigenvalue weighted by Gasteiger charge is -2.32. The highest BCUT2D eigenvalue weighted by atomic mass is 16.1. The van der Waals surface area contributed by atoms with Crippen LogP contribution in [0.25, 0.3) is 0 Å². The van der Waals surface area contributed by atoms with Crippen LogP contribution in [0.15, 0.2) is 18.2 Å². The van der Waals surface area contributed by atoms with Crippen molar-refractivity contribution in [2.75, 3.05) is 51.2 Å². The van der Waals surface area contributed by atoms with Crippen molar-refractivity contribution in [2.45, 2.75) is 6.42 Å². The molecule has 1 aliphatic rings. The predicted molar refractivity (Wildman–Crippen MR) is 78.2 cm³/mol. The topological polar surface area (TPSA) is 75.6 Å². The predicted octanol–water partition coefficient (Wildman–Crippen LogP) is 0.671. The summed E-state index contributed by atoms with van der Waals surface area (Å²) in [5, 5.41) is 0. The molecule has 0 radical (unpaired) electrons. The highest BCUT2D eigenvalue weighted by molar-refractivity contribution is 5.97. The molecule has 19 heavy (non-hydrogen) atoms. The number of piperazine rings is 1. The maximum Gasteiger partial charge on any atom is 0.164 e. The van der Waals surface area contributed by atoms with E-state index in [4.69, 9.17) is 11.5 Å². The van der Waals surface area contributed by atoms with Crippen molar-refractivity contribution in [3.63, 3.8) is 0 Å². The first-order valence-electron chi connectivity index (χ1n) is 6.65. The number of likely N-dealkylation sites (N-methyl/N-ethyl adjacent to an activating group) is 1. The van der Waals surface area contributed by atoms with Crippen LogP contribution in [0.1, 0.15) is 16.8 Å². The van der Waals surface area contributed by atoms with Crippen molar-refractivity contribution >= 4 is 17.2 Å². The number of rotatable bonds is 4. The van der Waals surface area contributed by atoms with Gasteiger partial charge >= 0.3 is 0 Å². The van der Waals surface area contributed by atoms with Crippen molar-refractivity contribution in [1.29, 1.82) is 0 Å². The zero-order chi connectivity index (χ0) is 13.8. The molecule has 0 amide bonds. The quantitative estimate of drug-likeness (QED) is 0.616. The Kier molecular flexibility index (Phi) is 4.39. The summed E-state index contributed by atoms with van der Waals surface area (Å²) in [5.74, 6) is 0.130. The molecule has 0 atom stereocenters. The normalized spacial score (nSPS) is 17.5. The molecule has 1 aliphatic heterocycles. The van der Waals surface area contributed by atoms with Gasteiger partial charge in [-0.15, -0.1) is 0 Å². The van der Waals surface area contributed by atoms with E-state index in [1.165, 1.54) is 0 Å². The third-order valence-corrected chi connectivity index (χ3v) is 3.66. The van der Waals surface area contributed by atoms with Crippen LogP contribution in [0, 0.1) is 0 Å². The van der Waals surface area contributed by atoms with E-state index < -0.39 is 0 Å². The van der Waals surface area contributed by atoms with Gasteiger partial charge in [-0.2, -0.15) is 0 Å². The van der Waals surface area contributed by atoms with E-state index in [2.05, 4.69) is 16.8 Å². The molecule has 0 spiro atoms. The zero-order valence-electron chi connectivity index (χ0n) is 11.4. The Morgan fingerprint density at radius 1 is 1.16 bits per heavy atom. The fraction of sp³-hybridized carbons (Fsp3) is 0.500. The summed E-state index contributed by atoms with van der Waals surface area (Å²) in [6, 6.07) is 5.11. The molecule has 5 heteroatoms. The monoisotopic (exact) mass is 262 g/mol. The second kappa shape index (κ2) is 6.04. The molecule has 1 heterocycles. The van der Waals surface area contributed by atoms with E-state index in [0.29, 0.717) is 23.4 Å². The number of Topliss-reactive ketones (excluding diaryl/α,β-unsaturated/α-hetero) is 1. The number of carbonyl (C=O) groups excluding carboxylic acids is 1. The largest absolute Gasteiger partial charge is 0.397 e. The fourth-order valence-electron chi connectivity index (χ4n) is 2.22. The molecule has 1 aromatic carbocycles. The fourth-order valence-corrected chi connectivity index (χ4v) is 2.22. The molecular formula is C14H22N4O. The maximum absolute atomic E-state index is 12.1. The number of benzene rings is 1. The lowest BCUT2D eigenvalue weighted by atomic mass is 10.1. The van der Waals surface area contributed by atoms with Crippen LogP contribution in [0.4, 0.5) is 11.4 Å². The molecule has 0 bridgehead atoms. The van der Waals surface area contributed by atoms with Crippen LogP contribution >= 0.6 is 0 Å². The average Bonchev–Trinajstić information content (AvgIpc) is 2.41. The lowest BCUT2D eigenvalue weighted by molar-refractivity contribution is 0.0942. The van der Waals surface area contributed by atoms with Gasteiger partial charge in [0.05, 0.1) is 11.4 Å². The van der Waals surface area contributed by atoms with E-state index in [1.807, 2.05) is 0 Å². The van der Waals surface area contributed by atoms with Gasteiger partial charge in [-0.25, -0.2) is 0 Å². The third-order valence-electron chi connectivity index (χ3n) is 3.66. The van der Waals surface area contributed by atoms with Gasteiger partial charge in [0.15, 0.2) is 5.78 Å². The molecular weight excluding hydrogens is 240 g/mol. The Labute approximate surface area is 114 Å². The van der Waals surface area contributed by atoms with Gasteiger partial charge in [-0.1, -0.05) is 0 Å². The van der Waals surface area contributed by atoms with Crippen LogP contribution in [-0.2, 0) is 0 Å².